The molecule has 1 N–H and O–H groups in total. The molecular formula is C25H31N3O4S. The van der Waals surface area contributed by atoms with Crippen LogP contribution in [0.3, 0.4) is 0 Å². The van der Waals surface area contributed by atoms with Crippen molar-refractivity contribution in [3.05, 3.63) is 65.5 Å². The predicted octanol–water partition coefficient (Wildman–Crippen LogP) is 4.49. The maximum Gasteiger partial charge on any atom is 0.230 e. The van der Waals surface area contributed by atoms with Crippen molar-refractivity contribution < 1.29 is 19.0 Å². The molecule has 1 atom stereocenters. The summed E-state index contributed by atoms with van der Waals surface area (Å²) < 4.78 is 18.2. The Hall–Kier alpha value is -2.97. The number of hydrogen-bond donors (Lipinski definition) is 1. The molecule has 1 aromatic heterocycles. The van der Waals surface area contributed by atoms with Crippen molar-refractivity contribution in [1.29, 1.82) is 0 Å². The molecule has 176 valence electrons. The topological polar surface area (TPSA) is 74.6 Å². The molecule has 33 heavy (non-hydrogen) atoms. The van der Waals surface area contributed by atoms with Crippen LogP contribution in [-0.2, 0) is 9.53 Å². The van der Waals surface area contributed by atoms with E-state index in [2.05, 4.69) is 42.3 Å². The zero-order valence-corrected chi connectivity index (χ0v) is 20.6. The van der Waals surface area contributed by atoms with E-state index in [1.54, 1.807) is 20.4 Å². The molecule has 2 aromatic carbocycles. The van der Waals surface area contributed by atoms with Crippen LogP contribution in [0.2, 0.25) is 0 Å². The second-order valence-corrected chi connectivity index (χ2v) is 8.64. The summed E-state index contributed by atoms with van der Waals surface area (Å²) in [6.45, 7) is 7.01. The zero-order valence-electron chi connectivity index (χ0n) is 19.8. The minimum absolute atomic E-state index is 0.0672. The molecule has 0 saturated carbocycles. The SMILES string of the molecule is COCCOc1ccc(C(C)NC(=O)CSc2nccn2-c2cc(C)ccc2C)cc1OC. The lowest BCUT2D eigenvalue weighted by Gasteiger charge is -2.17. The van der Waals surface area contributed by atoms with Crippen LogP contribution in [-0.4, -0.2) is 48.6 Å². The Morgan fingerprint density at radius 3 is 2.70 bits per heavy atom. The molecule has 0 radical (unpaired) electrons. The molecule has 1 heterocycles. The predicted molar refractivity (Wildman–Crippen MR) is 131 cm³/mol. The Morgan fingerprint density at radius 2 is 1.94 bits per heavy atom. The van der Waals surface area contributed by atoms with E-state index >= 15 is 0 Å². The van der Waals surface area contributed by atoms with Gasteiger partial charge in [0.05, 0.1) is 31.2 Å². The lowest BCUT2D eigenvalue weighted by Crippen LogP contribution is -2.28. The average molecular weight is 470 g/mol. The molecule has 0 fully saturated rings. The van der Waals surface area contributed by atoms with Crippen molar-refractivity contribution in [1.82, 2.24) is 14.9 Å². The van der Waals surface area contributed by atoms with Crippen molar-refractivity contribution >= 4 is 17.7 Å². The fourth-order valence-corrected chi connectivity index (χ4v) is 4.14. The number of ether oxygens (including phenoxy) is 3. The maximum atomic E-state index is 12.6. The lowest BCUT2D eigenvalue weighted by molar-refractivity contribution is -0.119. The first-order valence-corrected chi connectivity index (χ1v) is 11.7. The standard InChI is InChI=1S/C25H31N3O4S/c1-17-6-7-18(2)21(14-17)28-11-10-26-25(28)33-16-24(29)27-19(3)20-8-9-22(23(15-20)31-5)32-13-12-30-4/h6-11,14-15,19H,12-13,16H2,1-5H3,(H,27,29). The van der Waals surface area contributed by atoms with Crippen molar-refractivity contribution in [2.75, 3.05) is 33.2 Å². The van der Waals surface area contributed by atoms with E-state index in [4.69, 9.17) is 14.2 Å². The number of aromatic nitrogens is 2. The van der Waals surface area contributed by atoms with Gasteiger partial charge >= 0.3 is 0 Å². The van der Waals surface area contributed by atoms with Crippen molar-refractivity contribution in [3.63, 3.8) is 0 Å². The number of nitrogens with zero attached hydrogens (tertiary/aromatic N) is 2. The van der Waals surface area contributed by atoms with Gasteiger partial charge < -0.3 is 19.5 Å². The van der Waals surface area contributed by atoms with Crippen LogP contribution in [0.5, 0.6) is 11.5 Å². The smallest absolute Gasteiger partial charge is 0.230 e. The average Bonchev–Trinajstić information content (AvgIpc) is 3.28. The highest BCUT2D eigenvalue weighted by Gasteiger charge is 2.15. The number of carbonyl (C=O) groups excluding carboxylic acids is 1. The minimum Gasteiger partial charge on any atom is -0.493 e. The van der Waals surface area contributed by atoms with E-state index in [9.17, 15) is 4.79 Å². The molecule has 0 aliphatic heterocycles. The normalized spacial score (nSPS) is 11.8. The van der Waals surface area contributed by atoms with Crippen LogP contribution >= 0.6 is 11.8 Å². The van der Waals surface area contributed by atoms with Crippen LogP contribution in [0.1, 0.15) is 29.7 Å². The Labute approximate surface area is 199 Å². The minimum atomic E-state index is -0.182. The van der Waals surface area contributed by atoms with E-state index in [1.165, 1.54) is 17.3 Å². The molecule has 7 nitrogen and oxygen atoms in total. The largest absolute Gasteiger partial charge is 0.493 e. The molecule has 3 aromatic rings. The molecule has 8 heteroatoms. The zero-order chi connectivity index (χ0) is 23.8. The van der Waals surface area contributed by atoms with Gasteiger partial charge in [-0.2, -0.15) is 0 Å². The molecule has 0 aliphatic rings. The first-order chi connectivity index (χ1) is 15.9. The number of rotatable bonds is 11. The van der Waals surface area contributed by atoms with Gasteiger partial charge in [0.2, 0.25) is 5.91 Å². The van der Waals surface area contributed by atoms with Crippen LogP contribution in [0.15, 0.2) is 53.9 Å². The van der Waals surface area contributed by atoms with Gasteiger partial charge in [0, 0.05) is 19.5 Å². The van der Waals surface area contributed by atoms with E-state index in [0.29, 0.717) is 24.7 Å². The number of thioether (sulfide) groups is 1. The van der Waals surface area contributed by atoms with Crippen LogP contribution < -0.4 is 14.8 Å². The molecule has 1 unspecified atom stereocenters. The summed E-state index contributed by atoms with van der Waals surface area (Å²) in [5, 5.41) is 3.83. The molecule has 0 spiro atoms. The van der Waals surface area contributed by atoms with Crippen molar-refractivity contribution in [2.45, 2.75) is 32.0 Å². The van der Waals surface area contributed by atoms with E-state index in [0.717, 1.165) is 22.0 Å². The quantitative estimate of drug-likeness (QED) is 0.329. The number of methoxy groups -OCH3 is 2. The Balaban J connectivity index is 1.61. The van der Waals surface area contributed by atoms with E-state index in [-0.39, 0.29) is 17.7 Å². The lowest BCUT2D eigenvalue weighted by atomic mass is 10.1. The van der Waals surface area contributed by atoms with Crippen molar-refractivity contribution in [3.8, 4) is 17.2 Å². The van der Waals surface area contributed by atoms with Gasteiger partial charge in [0.25, 0.3) is 0 Å². The summed E-state index contributed by atoms with van der Waals surface area (Å²) in [7, 11) is 3.23. The van der Waals surface area contributed by atoms with Gasteiger partial charge in [-0.25, -0.2) is 4.98 Å². The summed E-state index contributed by atoms with van der Waals surface area (Å²) in [5.41, 5.74) is 4.34. The van der Waals surface area contributed by atoms with Crippen molar-refractivity contribution in [2.24, 2.45) is 0 Å². The van der Waals surface area contributed by atoms with Crippen LogP contribution in [0.25, 0.3) is 5.69 Å². The Kier molecular flexibility index (Phi) is 8.79. The molecule has 0 aliphatic carbocycles. The fourth-order valence-electron chi connectivity index (χ4n) is 3.36. The third-order valence-corrected chi connectivity index (χ3v) is 6.14. The third-order valence-electron chi connectivity index (χ3n) is 5.17. The summed E-state index contributed by atoms with van der Waals surface area (Å²) in [6, 6.07) is 11.8. The molecule has 3 rings (SSSR count). The van der Waals surface area contributed by atoms with Gasteiger partial charge in [0.1, 0.15) is 6.61 Å². The van der Waals surface area contributed by atoms with E-state index in [1.807, 2.05) is 35.9 Å². The summed E-state index contributed by atoms with van der Waals surface area (Å²) in [4.78, 5) is 17.1. The number of aryl methyl sites for hydroxylation is 2. The van der Waals surface area contributed by atoms with Gasteiger partial charge in [0.15, 0.2) is 16.7 Å². The van der Waals surface area contributed by atoms with Gasteiger partial charge in [-0.05, 0) is 55.7 Å². The number of nitrogens with one attached hydrogen (secondary N) is 1. The fraction of sp³-hybridized carbons (Fsp3) is 0.360. The second-order valence-electron chi connectivity index (χ2n) is 7.70. The van der Waals surface area contributed by atoms with Gasteiger partial charge in [-0.15, -0.1) is 0 Å². The second kappa shape index (κ2) is 11.8. The Bertz CT molecular complexity index is 1080. The summed E-state index contributed by atoms with van der Waals surface area (Å²) in [6.07, 6.45) is 3.68. The molecule has 1 amide bonds. The third kappa shape index (κ3) is 6.52. The molecular weight excluding hydrogens is 438 g/mol. The van der Waals surface area contributed by atoms with Crippen LogP contribution in [0, 0.1) is 13.8 Å². The monoisotopic (exact) mass is 469 g/mol. The summed E-state index contributed by atoms with van der Waals surface area (Å²) >= 11 is 1.41. The van der Waals surface area contributed by atoms with E-state index < -0.39 is 0 Å². The van der Waals surface area contributed by atoms with Crippen LogP contribution in [0.4, 0.5) is 0 Å². The molecule has 0 bridgehead atoms. The number of carbonyl (C=O) groups is 1. The Morgan fingerprint density at radius 1 is 1.12 bits per heavy atom. The first kappa shape index (κ1) is 24.7. The van der Waals surface area contributed by atoms with Gasteiger partial charge in [-0.1, -0.05) is 30.0 Å². The number of amides is 1. The van der Waals surface area contributed by atoms with Gasteiger partial charge in [-0.3, -0.25) is 9.36 Å². The highest BCUT2D eigenvalue weighted by atomic mass is 32.2. The highest BCUT2D eigenvalue weighted by Crippen LogP contribution is 2.30. The number of hydrogen-bond acceptors (Lipinski definition) is 6. The molecule has 0 saturated heterocycles. The summed E-state index contributed by atoms with van der Waals surface area (Å²) in [5.74, 6) is 1.46. The number of imidazole rings is 1. The maximum absolute atomic E-state index is 12.6. The highest BCUT2D eigenvalue weighted by molar-refractivity contribution is 7.99. The number of benzene rings is 2. The first-order valence-electron chi connectivity index (χ1n) is 10.8.